The molecule has 20 heavy (non-hydrogen) atoms. The summed E-state index contributed by atoms with van der Waals surface area (Å²) in [5, 5.41) is 12.1. The summed E-state index contributed by atoms with van der Waals surface area (Å²) >= 11 is 1.76. The molecule has 6 heteroatoms. The van der Waals surface area contributed by atoms with Gasteiger partial charge in [-0.25, -0.2) is 4.98 Å². The molecule has 5 nitrogen and oxygen atoms in total. The number of rotatable bonds is 7. The van der Waals surface area contributed by atoms with Crippen LogP contribution in [0.25, 0.3) is 0 Å². The molecule has 1 aliphatic rings. The number of carboxylic acids is 1. The lowest BCUT2D eigenvalue weighted by Gasteiger charge is -2.34. The van der Waals surface area contributed by atoms with Gasteiger partial charge in [-0.15, -0.1) is 11.3 Å². The molecule has 0 aromatic carbocycles. The molecule has 0 amide bonds. The summed E-state index contributed by atoms with van der Waals surface area (Å²) in [6, 6.07) is 0. The Bertz CT molecular complexity index is 428. The molecule has 1 aliphatic heterocycles. The van der Waals surface area contributed by atoms with Crippen LogP contribution in [0.2, 0.25) is 0 Å². The summed E-state index contributed by atoms with van der Waals surface area (Å²) in [6.45, 7) is 7.68. The number of aliphatic carboxylic acids is 1. The zero-order valence-corrected chi connectivity index (χ0v) is 12.9. The standard InChI is InChI=1S/C14H23N3O2S/c1-2-3-13-15-12(11-20-13)10-17-8-6-16(7-9-17)5-4-14(18)19/h11H,2-10H2,1H3,(H,18,19). The highest BCUT2D eigenvalue weighted by molar-refractivity contribution is 7.09. The van der Waals surface area contributed by atoms with Crippen LogP contribution >= 0.6 is 11.3 Å². The average Bonchev–Trinajstić information content (AvgIpc) is 2.86. The van der Waals surface area contributed by atoms with E-state index in [0.29, 0.717) is 6.54 Å². The first-order valence-electron chi connectivity index (χ1n) is 7.27. The lowest BCUT2D eigenvalue weighted by atomic mass is 10.2. The zero-order chi connectivity index (χ0) is 14.4. The molecule has 2 rings (SSSR count). The van der Waals surface area contributed by atoms with Gasteiger partial charge in [-0.2, -0.15) is 0 Å². The van der Waals surface area contributed by atoms with E-state index in [1.807, 2.05) is 0 Å². The van der Waals surface area contributed by atoms with E-state index < -0.39 is 5.97 Å². The van der Waals surface area contributed by atoms with E-state index in [4.69, 9.17) is 5.11 Å². The number of aromatic nitrogens is 1. The maximum Gasteiger partial charge on any atom is 0.304 e. The fourth-order valence-corrected chi connectivity index (χ4v) is 3.30. The van der Waals surface area contributed by atoms with Crippen LogP contribution in [0, 0.1) is 0 Å². The van der Waals surface area contributed by atoms with Gasteiger partial charge >= 0.3 is 5.97 Å². The van der Waals surface area contributed by atoms with Gasteiger partial charge in [0, 0.05) is 44.6 Å². The summed E-state index contributed by atoms with van der Waals surface area (Å²) < 4.78 is 0. The van der Waals surface area contributed by atoms with Gasteiger partial charge < -0.3 is 10.0 Å². The van der Waals surface area contributed by atoms with Crippen LogP contribution in [-0.4, -0.2) is 58.6 Å². The van der Waals surface area contributed by atoms with Crippen molar-refractivity contribution in [3.8, 4) is 0 Å². The number of thiazole rings is 1. The maximum atomic E-state index is 10.6. The van der Waals surface area contributed by atoms with Gasteiger partial charge in [-0.05, 0) is 12.8 Å². The van der Waals surface area contributed by atoms with Crippen molar-refractivity contribution < 1.29 is 9.90 Å². The van der Waals surface area contributed by atoms with E-state index in [9.17, 15) is 4.79 Å². The van der Waals surface area contributed by atoms with Gasteiger partial charge in [-0.3, -0.25) is 9.69 Å². The number of hydrogen-bond donors (Lipinski definition) is 1. The van der Waals surface area contributed by atoms with Crippen LogP contribution in [0.3, 0.4) is 0 Å². The van der Waals surface area contributed by atoms with Crippen molar-refractivity contribution in [2.24, 2.45) is 0 Å². The summed E-state index contributed by atoms with van der Waals surface area (Å²) in [7, 11) is 0. The topological polar surface area (TPSA) is 56.7 Å². The minimum absolute atomic E-state index is 0.243. The van der Waals surface area contributed by atoms with Gasteiger partial charge in [-0.1, -0.05) is 6.92 Å². The molecule has 0 aliphatic carbocycles. The minimum Gasteiger partial charge on any atom is -0.481 e. The van der Waals surface area contributed by atoms with Gasteiger partial charge in [0.2, 0.25) is 0 Å². The van der Waals surface area contributed by atoms with Gasteiger partial charge in [0.1, 0.15) is 0 Å². The third-order valence-electron chi connectivity index (χ3n) is 3.56. The Morgan fingerprint density at radius 1 is 1.35 bits per heavy atom. The van der Waals surface area contributed by atoms with Gasteiger partial charge in [0.05, 0.1) is 17.1 Å². The number of nitrogens with zero attached hydrogens (tertiary/aromatic N) is 3. The molecule has 1 aromatic rings. The van der Waals surface area contributed by atoms with Crippen LogP contribution in [0.1, 0.15) is 30.5 Å². The molecular formula is C14H23N3O2S. The van der Waals surface area contributed by atoms with Gasteiger partial charge in [0.25, 0.3) is 0 Å². The summed E-state index contributed by atoms with van der Waals surface area (Å²) in [6.07, 6.45) is 2.47. The average molecular weight is 297 g/mol. The van der Waals surface area contributed by atoms with Gasteiger partial charge in [0.15, 0.2) is 0 Å². The first-order chi connectivity index (χ1) is 9.67. The third kappa shape index (κ3) is 4.85. The number of hydrogen-bond acceptors (Lipinski definition) is 5. The SMILES string of the molecule is CCCc1nc(CN2CCN(CCC(=O)O)CC2)cs1. The Labute approximate surface area is 124 Å². The molecule has 1 fully saturated rings. The molecule has 0 atom stereocenters. The van der Waals surface area contributed by atoms with Crippen LogP contribution in [0.15, 0.2) is 5.38 Å². The van der Waals surface area contributed by atoms with E-state index in [-0.39, 0.29) is 6.42 Å². The molecule has 112 valence electrons. The van der Waals surface area contributed by atoms with Crippen LogP contribution in [0.4, 0.5) is 0 Å². The normalized spacial score (nSPS) is 17.4. The lowest BCUT2D eigenvalue weighted by Crippen LogP contribution is -2.46. The first kappa shape index (κ1) is 15.4. The van der Waals surface area contributed by atoms with E-state index in [0.717, 1.165) is 45.6 Å². The third-order valence-corrected chi connectivity index (χ3v) is 4.51. The van der Waals surface area contributed by atoms with E-state index >= 15 is 0 Å². The highest BCUT2D eigenvalue weighted by Gasteiger charge is 2.18. The lowest BCUT2D eigenvalue weighted by molar-refractivity contribution is -0.137. The molecule has 1 aromatic heterocycles. The fourth-order valence-electron chi connectivity index (χ4n) is 2.40. The fraction of sp³-hybridized carbons (Fsp3) is 0.714. The molecule has 0 spiro atoms. The molecular weight excluding hydrogens is 274 g/mol. The minimum atomic E-state index is -0.710. The van der Waals surface area contributed by atoms with Crippen molar-refractivity contribution in [1.82, 2.24) is 14.8 Å². The molecule has 2 heterocycles. The van der Waals surface area contributed by atoms with Crippen molar-refractivity contribution in [2.45, 2.75) is 32.7 Å². The van der Waals surface area contributed by atoms with Crippen LogP contribution in [-0.2, 0) is 17.8 Å². The van der Waals surface area contributed by atoms with Crippen molar-refractivity contribution in [2.75, 3.05) is 32.7 Å². The number of carbonyl (C=O) groups is 1. The Hall–Kier alpha value is -0.980. The summed E-state index contributed by atoms with van der Waals surface area (Å²) in [5.41, 5.74) is 1.18. The van der Waals surface area contributed by atoms with E-state index in [2.05, 4.69) is 27.1 Å². The van der Waals surface area contributed by atoms with E-state index in [1.165, 1.54) is 10.7 Å². The molecule has 1 saturated heterocycles. The second-order valence-corrected chi connectivity index (χ2v) is 6.19. The Balaban J connectivity index is 1.72. The first-order valence-corrected chi connectivity index (χ1v) is 8.15. The second kappa shape index (κ2) is 7.71. The van der Waals surface area contributed by atoms with Crippen LogP contribution < -0.4 is 0 Å². The van der Waals surface area contributed by atoms with Crippen molar-refractivity contribution in [1.29, 1.82) is 0 Å². The predicted molar refractivity (Wildman–Crippen MR) is 80.1 cm³/mol. The molecule has 0 bridgehead atoms. The largest absolute Gasteiger partial charge is 0.481 e. The number of piperazine rings is 1. The zero-order valence-electron chi connectivity index (χ0n) is 12.0. The number of aryl methyl sites for hydroxylation is 1. The number of carboxylic acid groups (broad SMARTS) is 1. The Morgan fingerprint density at radius 3 is 2.70 bits per heavy atom. The Kier molecular flexibility index (Phi) is 5.94. The van der Waals surface area contributed by atoms with Crippen LogP contribution in [0.5, 0.6) is 0 Å². The summed E-state index contributed by atoms with van der Waals surface area (Å²) in [4.78, 5) is 19.9. The van der Waals surface area contributed by atoms with Crippen molar-refractivity contribution in [3.05, 3.63) is 16.1 Å². The van der Waals surface area contributed by atoms with E-state index in [1.54, 1.807) is 11.3 Å². The Morgan fingerprint density at radius 2 is 2.05 bits per heavy atom. The van der Waals surface area contributed by atoms with Crippen molar-refractivity contribution >= 4 is 17.3 Å². The smallest absolute Gasteiger partial charge is 0.304 e. The summed E-state index contributed by atoms with van der Waals surface area (Å²) in [5.74, 6) is -0.710. The molecule has 1 N–H and O–H groups in total. The monoisotopic (exact) mass is 297 g/mol. The quantitative estimate of drug-likeness (QED) is 0.830. The molecule has 0 radical (unpaired) electrons. The molecule has 0 unspecified atom stereocenters. The highest BCUT2D eigenvalue weighted by Crippen LogP contribution is 2.14. The maximum absolute atomic E-state index is 10.6. The molecule has 0 saturated carbocycles. The highest BCUT2D eigenvalue weighted by atomic mass is 32.1. The second-order valence-electron chi connectivity index (χ2n) is 5.24. The predicted octanol–water partition coefficient (Wildman–Crippen LogP) is 1.69. The van der Waals surface area contributed by atoms with Crippen molar-refractivity contribution in [3.63, 3.8) is 0 Å².